The molecule has 0 radical (unpaired) electrons. The third-order valence-electron chi connectivity index (χ3n) is 1.10. The largest absolute Gasteiger partial charge is 0.473 e. The van der Waals surface area contributed by atoms with Gasteiger partial charge >= 0.3 is 0 Å². The monoisotopic (exact) mass is 235 g/mol. The molecular formula is C7H7BrFNO2. The molecule has 0 aliphatic rings. The molecule has 0 aromatic carbocycles. The van der Waals surface area contributed by atoms with Crippen LogP contribution in [0.4, 0.5) is 4.39 Å². The highest BCUT2D eigenvalue weighted by molar-refractivity contribution is 9.10. The van der Waals surface area contributed by atoms with E-state index in [1.165, 1.54) is 12.3 Å². The van der Waals surface area contributed by atoms with E-state index in [1.807, 2.05) is 0 Å². The molecule has 0 aliphatic heterocycles. The summed E-state index contributed by atoms with van der Waals surface area (Å²) in [6.45, 7) is -0.108. The lowest BCUT2D eigenvalue weighted by molar-refractivity contribution is 0.191. The summed E-state index contributed by atoms with van der Waals surface area (Å²) < 4.78 is 18.2. The maximum absolute atomic E-state index is 12.9. The third-order valence-corrected chi connectivity index (χ3v) is 1.54. The molecule has 0 atom stereocenters. The van der Waals surface area contributed by atoms with Crippen molar-refractivity contribution < 1.29 is 14.2 Å². The molecule has 5 heteroatoms. The second-order valence-corrected chi connectivity index (χ2v) is 2.93. The molecule has 66 valence electrons. The highest BCUT2D eigenvalue weighted by Crippen LogP contribution is 2.17. The number of pyridine rings is 1. The molecule has 0 saturated heterocycles. The van der Waals surface area contributed by atoms with Crippen molar-refractivity contribution in [2.24, 2.45) is 0 Å². The van der Waals surface area contributed by atoms with Crippen LogP contribution in [0, 0.1) is 5.82 Å². The van der Waals surface area contributed by atoms with Gasteiger partial charge in [0.25, 0.3) is 5.88 Å². The molecule has 1 aromatic rings. The van der Waals surface area contributed by atoms with Gasteiger partial charge in [-0.05, 0) is 22.0 Å². The first kappa shape index (κ1) is 9.41. The number of ether oxygens (including phenoxy) is 1. The second-order valence-electron chi connectivity index (χ2n) is 2.01. The van der Waals surface area contributed by atoms with E-state index in [9.17, 15) is 4.39 Å². The standard InChI is InChI=1S/C7H7BrFNO2/c8-5-3-6(9)7(10-4-5)12-2-1-11/h3-4,11H,1-2H2. The lowest BCUT2D eigenvalue weighted by Crippen LogP contribution is -2.04. The van der Waals surface area contributed by atoms with Gasteiger partial charge in [0.1, 0.15) is 6.61 Å². The van der Waals surface area contributed by atoms with Crippen molar-refractivity contribution in [3.8, 4) is 5.88 Å². The van der Waals surface area contributed by atoms with Crippen molar-refractivity contribution in [3.05, 3.63) is 22.6 Å². The summed E-state index contributed by atoms with van der Waals surface area (Å²) in [5.74, 6) is -0.634. The first-order valence-corrected chi connectivity index (χ1v) is 4.08. The van der Waals surface area contributed by atoms with E-state index in [4.69, 9.17) is 9.84 Å². The van der Waals surface area contributed by atoms with Gasteiger partial charge in [-0.3, -0.25) is 0 Å². The highest BCUT2D eigenvalue weighted by atomic mass is 79.9. The van der Waals surface area contributed by atoms with Crippen LogP contribution in [-0.4, -0.2) is 23.3 Å². The molecule has 1 rings (SSSR count). The molecule has 3 nitrogen and oxygen atoms in total. The van der Waals surface area contributed by atoms with Gasteiger partial charge in [-0.1, -0.05) is 0 Å². The summed E-state index contributed by atoms with van der Waals surface area (Å²) >= 11 is 3.06. The number of aliphatic hydroxyl groups is 1. The molecule has 1 N–H and O–H groups in total. The molecule has 0 aliphatic carbocycles. The van der Waals surface area contributed by atoms with Crippen molar-refractivity contribution >= 4 is 15.9 Å². The van der Waals surface area contributed by atoms with E-state index in [-0.39, 0.29) is 19.1 Å². The Balaban J connectivity index is 2.72. The topological polar surface area (TPSA) is 42.4 Å². The smallest absolute Gasteiger partial charge is 0.250 e. The van der Waals surface area contributed by atoms with Crippen molar-refractivity contribution in [2.45, 2.75) is 0 Å². The van der Waals surface area contributed by atoms with Gasteiger partial charge in [-0.25, -0.2) is 9.37 Å². The van der Waals surface area contributed by atoms with Crippen LogP contribution in [0.3, 0.4) is 0 Å². The zero-order valence-electron chi connectivity index (χ0n) is 6.13. The number of aliphatic hydroxyl groups excluding tert-OH is 1. The zero-order valence-corrected chi connectivity index (χ0v) is 7.71. The summed E-state index contributed by atoms with van der Waals surface area (Å²) in [6, 6.07) is 1.25. The maximum Gasteiger partial charge on any atom is 0.250 e. The lowest BCUT2D eigenvalue weighted by Gasteiger charge is -2.03. The molecule has 1 aromatic heterocycles. The van der Waals surface area contributed by atoms with E-state index in [2.05, 4.69) is 20.9 Å². The van der Waals surface area contributed by atoms with Gasteiger partial charge < -0.3 is 9.84 Å². The first-order chi connectivity index (χ1) is 5.74. The number of aromatic nitrogens is 1. The SMILES string of the molecule is OCCOc1ncc(Br)cc1F. The summed E-state index contributed by atoms with van der Waals surface area (Å²) in [7, 11) is 0. The number of hydrogen-bond acceptors (Lipinski definition) is 3. The lowest BCUT2D eigenvalue weighted by atomic mass is 10.5. The van der Waals surface area contributed by atoms with Gasteiger partial charge in [-0.15, -0.1) is 0 Å². The summed E-state index contributed by atoms with van der Waals surface area (Å²) in [4.78, 5) is 3.66. The molecule has 0 saturated carbocycles. The van der Waals surface area contributed by atoms with E-state index < -0.39 is 5.82 Å². The predicted molar refractivity (Wildman–Crippen MR) is 44.5 cm³/mol. The first-order valence-electron chi connectivity index (χ1n) is 3.28. The quantitative estimate of drug-likeness (QED) is 0.861. The van der Waals surface area contributed by atoms with Crippen LogP contribution in [0.25, 0.3) is 0 Å². The minimum atomic E-state index is -0.544. The van der Waals surface area contributed by atoms with Gasteiger partial charge in [0.05, 0.1) is 6.61 Å². The molecule has 12 heavy (non-hydrogen) atoms. The van der Waals surface area contributed by atoms with Gasteiger partial charge in [0.15, 0.2) is 5.82 Å². The fraction of sp³-hybridized carbons (Fsp3) is 0.286. The van der Waals surface area contributed by atoms with Crippen LogP contribution in [-0.2, 0) is 0 Å². The van der Waals surface area contributed by atoms with Crippen molar-refractivity contribution in [3.63, 3.8) is 0 Å². The molecule has 0 amide bonds. The predicted octanol–water partition coefficient (Wildman–Crippen LogP) is 1.35. The zero-order chi connectivity index (χ0) is 8.97. The fourth-order valence-electron chi connectivity index (χ4n) is 0.651. The van der Waals surface area contributed by atoms with Crippen LogP contribution in [0.2, 0.25) is 0 Å². The average molecular weight is 236 g/mol. The number of rotatable bonds is 3. The van der Waals surface area contributed by atoms with E-state index in [0.29, 0.717) is 4.47 Å². The molecule has 0 spiro atoms. The normalized spacial score (nSPS) is 9.92. The summed E-state index contributed by atoms with van der Waals surface area (Å²) in [6.07, 6.45) is 1.43. The summed E-state index contributed by atoms with van der Waals surface area (Å²) in [5, 5.41) is 8.39. The Kier molecular flexibility index (Phi) is 3.43. The minimum Gasteiger partial charge on any atom is -0.473 e. The van der Waals surface area contributed by atoms with Crippen LogP contribution in [0.5, 0.6) is 5.88 Å². The molecule has 0 fully saturated rings. The average Bonchev–Trinajstić information content (AvgIpc) is 2.03. The van der Waals surface area contributed by atoms with Gasteiger partial charge in [0.2, 0.25) is 0 Å². The Morgan fingerprint density at radius 1 is 1.67 bits per heavy atom. The maximum atomic E-state index is 12.9. The number of halogens is 2. The van der Waals surface area contributed by atoms with Crippen molar-refractivity contribution in [1.82, 2.24) is 4.98 Å². The summed E-state index contributed by atoms with van der Waals surface area (Å²) in [5.41, 5.74) is 0. The molecule has 0 unspecified atom stereocenters. The number of hydrogen-bond donors (Lipinski definition) is 1. The second kappa shape index (κ2) is 4.37. The Labute approximate surface area is 77.3 Å². The highest BCUT2D eigenvalue weighted by Gasteiger charge is 2.04. The van der Waals surface area contributed by atoms with E-state index >= 15 is 0 Å². The Morgan fingerprint density at radius 2 is 2.42 bits per heavy atom. The van der Waals surface area contributed by atoms with Gasteiger partial charge in [0, 0.05) is 10.7 Å². The fourth-order valence-corrected chi connectivity index (χ4v) is 0.954. The van der Waals surface area contributed by atoms with Crippen LogP contribution in [0.15, 0.2) is 16.7 Å². The van der Waals surface area contributed by atoms with Crippen molar-refractivity contribution in [1.29, 1.82) is 0 Å². The Hall–Kier alpha value is -0.680. The third kappa shape index (κ3) is 2.42. The van der Waals surface area contributed by atoms with Crippen molar-refractivity contribution in [2.75, 3.05) is 13.2 Å². The molecular weight excluding hydrogens is 229 g/mol. The number of nitrogens with zero attached hydrogens (tertiary/aromatic N) is 1. The molecule has 0 bridgehead atoms. The van der Waals surface area contributed by atoms with Crippen LogP contribution >= 0.6 is 15.9 Å². The Bertz CT molecular complexity index is 270. The van der Waals surface area contributed by atoms with E-state index in [1.54, 1.807) is 0 Å². The molecule has 1 heterocycles. The minimum absolute atomic E-state index is 0.0472. The van der Waals surface area contributed by atoms with Gasteiger partial charge in [-0.2, -0.15) is 0 Å². The van der Waals surface area contributed by atoms with Crippen LogP contribution < -0.4 is 4.74 Å². The van der Waals surface area contributed by atoms with Crippen LogP contribution in [0.1, 0.15) is 0 Å². The van der Waals surface area contributed by atoms with E-state index in [0.717, 1.165) is 0 Å². The Morgan fingerprint density at radius 3 is 3.00 bits per heavy atom.